The van der Waals surface area contributed by atoms with Crippen molar-refractivity contribution < 1.29 is 4.39 Å². The van der Waals surface area contributed by atoms with Crippen molar-refractivity contribution in [3.8, 4) is 0 Å². The molecule has 0 bridgehead atoms. The standard InChI is InChI=1S/C29H59F/c1-2-3-4-5-6-7-8-9-10-11-12-13-14-15-16-17-18-19-20-21-22-23-24-25-26-27-28-29-30/h2-29H2,1H3. The Morgan fingerprint density at radius 2 is 0.433 bits per heavy atom. The molecular formula is C29H59F. The maximum atomic E-state index is 12.0. The largest absolute Gasteiger partial charge is 0.251 e. The highest BCUT2D eigenvalue weighted by molar-refractivity contribution is 4.52. The molecule has 0 radical (unpaired) electrons. The first kappa shape index (κ1) is 29.9. The Morgan fingerprint density at radius 3 is 0.600 bits per heavy atom. The predicted molar refractivity (Wildman–Crippen MR) is 136 cm³/mol. The van der Waals surface area contributed by atoms with Crippen molar-refractivity contribution in [1.29, 1.82) is 0 Å². The Bertz CT molecular complexity index is 248. The molecule has 1 heteroatoms. The van der Waals surface area contributed by atoms with Gasteiger partial charge in [-0.15, -0.1) is 0 Å². The molecule has 182 valence electrons. The van der Waals surface area contributed by atoms with Crippen LogP contribution < -0.4 is 0 Å². The average Bonchev–Trinajstić information content (AvgIpc) is 2.76. The summed E-state index contributed by atoms with van der Waals surface area (Å²) < 4.78 is 12.0. The molecule has 0 aromatic carbocycles. The Kier molecular flexibility index (Phi) is 28.9. The number of halogens is 1. The van der Waals surface area contributed by atoms with Gasteiger partial charge in [-0.2, -0.15) is 0 Å². The highest BCUT2D eigenvalue weighted by Gasteiger charge is 1.96. The van der Waals surface area contributed by atoms with Crippen molar-refractivity contribution in [2.24, 2.45) is 0 Å². The fraction of sp³-hybridized carbons (Fsp3) is 1.00. The van der Waals surface area contributed by atoms with E-state index < -0.39 is 0 Å². The van der Waals surface area contributed by atoms with E-state index in [9.17, 15) is 4.39 Å². The lowest BCUT2D eigenvalue weighted by Gasteiger charge is -2.04. The van der Waals surface area contributed by atoms with E-state index in [1.807, 2.05) is 0 Å². The van der Waals surface area contributed by atoms with Crippen molar-refractivity contribution in [2.75, 3.05) is 6.67 Å². The van der Waals surface area contributed by atoms with Crippen LogP contribution in [0.5, 0.6) is 0 Å². The minimum absolute atomic E-state index is 0.126. The van der Waals surface area contributed by atoms with E-state index in [1.165, 1.54) is 161 Å². The van der Waals surface area contributed by atoms with Crippen molar-refractivity contribution in [1.82, 2.24) is 0 Å². The van der Waals surface area contributed by atoms with E-state index in [-0.39, 0.29) is 6.67 Å². The van der Waals surface area contributed by atoms with Gasteiger partial charge in [-0.1, -0.05) is 174 Å². The summed E-state index contributed by atoms with van der Waals surface area (Å²) in [4.78, 5) is 0. The predicted octanol–water partition coefficient (Wildman–Crippen LogP) is 11.5. The zero-order valence-corrected chi connectivity index (χ0v) is 21.2. The van der Waals surface area contributed by atoms with Crippen molar-refractivity contribution in [3.05, 3.63) is 0 Å². The normalized spacial score (nSPS) is 11.4. The fourth-order valence-electron chi connectivity index (χ4n) is 4.59. The van der Waals surface area contributed by atoms with Gasteiger partial charge < -0.3 is 0 Å². The maximum absolute atomic E-state index is 12.0. The van der Waals surface area contributed by atoms with Crippen LogP contribution in [-0.4, -0.2) is 6.67 Å². The molecule has 0 nitrogen and oxygen atoms in total. The lowest BCUT2D eigenvalue weighted by atomic mass is 10.0. The summed E-state index contributed by atoms with van der Waals surface area (Å²) in [5.41, 5.74) is 0. The Morgan fingerprint density at radius 1 is 0.267 bits per heavy atom. The first-order chi connectivity index (χ1) is 14.9. The monoisotopic (exact) mass is 426 g/mol. The Balaban J connectivity index is 2.97. The fourth-order valence-corrected chi connectivity index (χ4v) is 4.59. The molecule has 0 heterocycles. The minimum Gasteiger partial charge on any atom is -0.251 e. The van der Waals surface area contributed by atoms with Crippen LogP contribution in [0, 0.1) is 0 Å². The quantitative estimate of drug-likeness (QED) is 0.114. The molecule has 0 unspecified atom stereocenters. The molecule has 30 heavy (non-hydrogen) atoms. The Labute approximate surface area is 191 Å². The molecule has 0 atom stereocenters. The molecule has 0 aliphatic rings. The van der Waals surface area contributed by atoms with Crippen LogP contribution in [0.4, 0.5) is 4.39 Å². The number of unbranched alkanes of at least 4 members (excludes halogenated alkanes) is 26. The number of hydrogen-bond acceptors (Lipinski definition) is 0. The molecule has 0 N–H and O–H groups in total. The van der Waals surface area contributed by atoms with Gasteiger partial charge in [0.25, 0.3) is 0 Å². The third-order valence-electron chi connectivity index (χ3n) is 6.74. The van der Waals surface area contributed by atoms with Gasteiger partial charge in [0.05, 0.1) is 6.67 Å². The van der Waals surface area contributed by atoms with E-state index in [4.69, 9.17) is 0 Å². The van der Waals surface area contributed by atoms with Crippen LogP contribution in [0.2, 0.25) is 0 Å². The second kappa shape index (κ2) is 28.9. The van der Waals surface area contributed by atoms with E-state index in [2.05, 4.69) is 6.92 Å². The zero-order valence-electron chi connectivity index (χ0n) is 21.2. The van der Waals surface area contributed by atoms with Gasteiger partial charge in [-0.3, -0.25) is 4.39 Å². The second-order valence-electron chi connectivity index (χ2n) is 9.88. The molecule has 0 aromatic rings. The molecular weight excluding hydrogens is 367 g/mol. The highest BCUT2D eigenvalue weighted by Crippen LogP contribution is 2.16. The number of rotatable bonds is 27. The lowest BCUT2D eigenvalue weighted by Crippen LogP contribution is -1.85. The minimum atomic E-state index is -0.126. The van der Waals surface area contributed by atoms with E-state index in [0.717, 1.165) is 12.8 Å². The molecule has 0 aliphatic heterocycles. The first-order valence-electron chi connectivity index (χ1n) is 14.5. The molecule has 0 aromatic heterocycles. The van der Waals surface area contributed by atoms with Crippen molar-refractivity contribution in [2.45, 2.75) is 180 Å². The van der Waals surface area contributed by atoms with Crippen LogP contribution in [0.3, 0.4) is 0 Å². The van der Waals surface area contributed by atoms with Crippen LogP contribution in [0.15, 0.2) is 0 Å². The second-order valence-corrected chi connectivity index (χ2v) is 9.88. The van der Waals surface area contributed by atoms with Crippen LogP contribution >= 0.6 is 0 Å². The molecule has 0 spiro atoms. The molecule has 0 fully saturated rings. The average molecular weight is 427 g/mol. The Hall–Kier alpha value is -0.0700. The van der Waals surface area contributed by atoms with Gasteiger partial charge >= 0.3 is 0 Å². The van der Waals surface area contributed by atoms with Gasteiger partial charge in [0.15, 0.2) is 0 Å². The topological polar surface area (TPSA) is 0 Å². The van der Waals surface area contributed by atoms with Crippen molar-refractivity contribution in [3.63, 3.8) is 0 Å². The first-order valence-corrected chi connectivity index (χ1v) is 14.5. The highest BCUT2D eigenvalue weighted by atomic mass is 19.1. The molecule has 0 rings (SSSR count). The summed E-state index contributed by atoms with van der Waals surface area (Å²) >= 11 is 0. The van der Waals surface area contributed by atoms with Gasteiger partial charge in [-0.05, 0) is 6.42 Å². The van der Waals surface area contributed by atoms with Crippen LogP contribution in [-0.2, 0) is 0 Å². The van der Waals surface area contributed by atoms with E-state index in [0.29, 0.717) is 0 Å². The maximum Gasteiger partial charge on any atom is 0.0894 e. The third-order valence-corrected chi connectivity index (χ3v) is 6.74. The molecule has 0 aliphatic carbocycles. The van der Waals surface area contributed by atoms with Crippen LogP contribution in [0.25, 0.3) is 0 Å². The molecule has 0 saturated carbocycles. The molecule has 0 amide bonds. The van der Waals surface area contributed by atoms with E-state index in [1.54, 1.807) is 0 Å². The SMILES string of the molecule is CCCCCCCCCCCCCCCCCCCCCCCCCCCCCF. The van der Waals surface area contributed by atoms with Crippen LogP contribution in [0.1, 0.15) is 180 Å². The summed E-state index contributed by atoms with van der Waals surface area (Å²) in [7, 11) is 0. The number of hydrogen-bond donors (Lipinski definition) is 0. The lowest BCUT2D eigenvalue weighted by molar-refractivity contribution is 0.448. The summed E-state index contributed by atoms with van der Waals surface area (Å²) in [6, 6.07) is 0. The summed E-state index contributed by atoms with van der Waals surface area (Å²) in [5, 5.41) is 0. The summed E-state index contributed by atoms with van der Waals surface area (Å²) in [6.45, 7) is 2.17. The van der Waals surface area contributed by atoms with Gasteiger partial charge in [0, 0.05) is 0 Å². The van der Waals surface area contributed by atoms with Crippen molar-refractivity contribution >= 4 is 0 Å². The summed E-state index contributed by atoms with van der Waals surface area (Å²) in [6.07, 6.45) is 37.8. The molecule has 0 saturated heterocycles. The smallest absolute Gasteiger partial charge is 0.0894 e. The van der Waals surface area contributed by atoms with Gasteiger partial charge in [-0.25, -0.2) is 0 Å². The van der Waals surface area contributed by atoms with Gasteiger partial charge in [0.2, 0.25) is 0 Å². The third kappa shape index (κ3) is 27.9. The number of alkyl halides is 1. The summed E-state index contributed by atoms with van der Waals surface area (Å²) in [5.74, 6) is 0. The zero-order chi connectivity index (χ0) is 21.8. The van der Waals surface area contributed by atoms with E-state index >= 15 is 0 Å². The van der Waals surface area contributed by atoms with Gasteiger partial charge in [0.1, 0.15) is 0 Å².